The van der Waals surface area contributed by atoms with E-state index in [1.165, 1.54) is 33.4 Å². The summed E-state index contributed by atoms with van der Waals surface area (Å²) < 4.78 is 6.48. The fourth-order valence-electron chi connectivity index (χ4n) is 10.6. The van der Waals surface area contributed by atoms with E-state index in [1.54, 1.807) is 0 Å². The number of furan rings is 1. The van der Waals surface area contributed by atoms with Gasteiger partial charge >= 0.3 is 0 Å². The lowest BCUT2D eigenvalue weighted by atomic mass is 9.95. The Balaban J connectivity index is 0.787. The van der Waals surface area contributed by atoms with Crippen molar-refractivity contribution >= 4 is 22.1 Å². The number of aromatic nitrogens is 4. The molecule has 0 aliphatic heterocycles. The Morgan fingerprint density at radius 1 is 0.284 bits per heavy atom. The smallest absolute Gasteiger partial charge is 0.180 e. The largest absolute Gasteiger partial charge is 0.452 e. The summed E-state index contributed by atoms with van der Waals surface area (Å²) in [6.45, 7) is 0. The number of fused-ring (bicyclic) bond motifs is 6. The highest BCUT2D eigenvalue weighted by Gasteiger charge is 2.26. The summed E-state index contributed by atoms with van der Waals surface area (Å²) in [5.74, 6) is 1.36. The third-order valence-corrected chi connectivity index (χ3v) is 14.4. The SMILES string of the molecule is c1ccc(-c2ccc(-c3nc(-c4cccc(-c5cccc(-c6cccc(-c7cccc(-c8nc(-c9ccc(-c%10ccccc%10)cc9)c9oc%10ccccc%10c9n8)c7)c6)c5)c4)nc4c3Cc3ccccc3-4)cc2)cc1. The number of benzene rings is 10. The van der Waals surface area contributed by atoms with E-state index in [2.05, 4.69) is 231 Å². The molecular formula is C69H44N4O. The molecule has 0 fully saturated rings. The average molecular weight is 945 g/mol. The molecule has 5 nitrogen and oxygen atoms in total. The third kappa shape index (κ3) is 7.84. The predicted octanol–water partition coefficient (Wildman–Crippen LogP) is 17.7. The van der Waals surface area contributed by atoms with Crippen LogP contribution < -0.4 is 0 Å². The molecular weight excluding hydrogens is 901 g/mol. The Bertz CT molecular complexity index is 4260. The van der Waals surface area contributed by atoms with Gasteiger partial charge in [-0.15, -0.1) is 0 Å². The molecule has 5 heteroatoms. The van der Waals surface area contributed by atoms with Gasteiger partial charge in [-0.25, -0.2) is 19.9 Å². The van der Waals surface area contributed by atoms with Gasteiger partial charge in [-0.05, 0) is 97.6 Å². The minimum absolute atomic E-state index is 0.642. The van der Waals surface area contributed by atoms with E-state index < -0.39 is 0 Å². The van der Waals surface area contributed by atoms with Crippen LogP contribution in [0.3, 0.4) is 0 Å². The number of rotatable bonds is 9. The molecule has 10 aromatic carbocycles. The number of para-hydroxylation sites is 1. The zero-order valence-corrected chi connectivity index (χ0v) is 40.2. The predicted molar refractivity (Wildman–Crippen MR) is 302 cm³/mol. The monoisotopic (exact) mass is 944 g/mol. The first-order valence-corrected chi connectivity index (χ1v) is 25.1. The zero-order valence-electron chi connectivity index (χ0n) is 40.2. The third-order valence-electron chi connectivity index (χ3n) is 14.4. The highest BCUT2D eigenvalue weighted by atomic mass is 16.3. The Morgan fingerprint density at radius 3 is 1.24 bits per heavy atom. The van der Waals surface area contributed by atoms with Gasteiger partial charge in [0.25, 0.3) is 0 Å². The lowest BCUT2D eigenvalue weighted by molar-refractivity contribution is 0.667. The Hall–Kier alpha value is -9.84. The van der Waals surface area contributed by atoms with Gasteiger partial charge in [0.05, 0.1) is 11.4 Å². The van der Waals surface area contributed by atoms with Gasteiger partial charge in [0.2, 0.25) is 0 Å². The molecule has 0 atom stereocenters. The molecule has 13 aromatic rings. The summed E-state index contributed by atoms with van der Waals surface area (Å²) in [5.41, 5.74) is 23.9. The van der Waals surface area contributed by atoms with E-state index in [0.717, 1.165) is 101 Å². The van der Waals surface area contributed by atoms with Gasteiger partial charge in [-0.1, -0.05) is 218 Å². The molecule has 14 rings (SSSR count). The van der Waals surface area contributed by atoms with Crippen molar-refractivity contribution in [3.63, 3.8) is 0 Å². The van der Waals surface area contributed by atoms with Crippen LogP contribution in [-0.2, 0) is 6.42 Å². The van der Waals surface area contributed by atoms with Crippen LogP contribution in [0.5, 0.6) is 0 Å². The molecule has 0 radical (unpaired) electrons. The van der Waals surface area contributed by atoms with Crippen molar-refractivity contribution in [3.8, 4) is 112 Å². The number of hydrogen-bond acceptors (Lipinski definition) is 5. The molecule has 3 heterocycles. The van der Waals surface area contributed by atoms with Gasteiger partial charge in [-0.3, -0.25) is 0 Å². The fraction of sp³-hybridized carbons (Fsp3) is 0.0145. The number of nitrogens with zero attached hydrogens (tertiary/aromatic N) is 4. The normalized spacial score (nSPS) is 11.7. The summed E-state index contributed by atoms with van der Waals surface area (Å²) in [7, 11) is 0. The molecule has 0 saturated heterocycles. The molecule has 0 spiro atoms. The lowest BCUT2D eigenvalue weighted by Crippen LogP contribution is -1.99. The van der Waals surface area contributed by atoms with Gasteiger partial charge in [0.15, 0.2) is 17.2 Å². The minimum Gasteiger partial charge on any atom is -0.452 e. The molecule has 0 N–H and O–H groups in total. The van der Waals surface area contributed by atoms with E-state index in [0.29, 0.717) is 17.2 Å². The van der Waals surface area contributed by atoms with Crippen LogP contribution in [0.2, 0.25) is 0 Å². The molecule has 0 saturated carbocycles. The van der Waals surface area contributed by atoms with Crippen molar-refractivity contribution in [2.75, 3.05) is 0 Å². The van der Waals surface area contributed by atoms with Crippen molar-refractivity contribution in [1.29, 1.82) is 0 Å². The summed E-state index contributed by atoms with van der Waals surface area (Å²) in [4.78, 5) is 21.1. The Morgan fingerprint density at radius 2 is 0.676 bits per heavy atom. The van der Waals surface area contributed by atoms with E-state index in [1.807, 2.05) is 24.3 Å². The van der Waals surface area contributed by atoms with E-state index in [-0.39, 0.29) is 0 Å². The minimum atomic E-state index is 0.642. The standard InChI is InChI=1S/C69H44N4O/c1-3-15-44(16-4-1)46-31-35-48(36-32-46)63-61-43-56-19-7-8-28-59(56)65(61)72-68(70-63)57-26-13-24-54(41-57)52-22-11-20-50(39-52)51-21-12-23-53(40-51)55-25-14-27-58(42-55)69-71-64(67-66(73-69)60-29-9-10-30-62(60)74-67)49-37-33-47(34-38-49)45-17-5-2-6-18-45/h1-42H,43H2. The van der Waals surface area contributed by atoms with Gasteiger partial charge < -0.3 is 4.42 Å². The second kappa shape index (κ2) is 18.1. The van der Waals surface area contributed by atoms with Crippen molar-refractivity contribution in [2.45, 2.75) is 6.42 Å². The first-order valence-electron chi connectivity index (χ1n) is 25.1. The van der Waals surface area contributed by atoms with Gasteiger partial charge in [0.1, 0.15) is 16.8 Å². The molecule has 1 aliphatic carbocycles. The van der Waals surface area contributed by atoms with Crippen LogP contribution in [0.4, 0.5) is 0 Å². The van der Waals surface area contributed by atoms with Crippen LogP contribution in [0.15, 0.2) is 259 Å². The van der Waals surface area contributed by atoms with Crippen LogP contribution in [0.1, 0.15) is 11.1 Å². The van der Waals surface area contributed by atoms with E-state index in [9.17, 15) is 0 Å². The first kappa shape index (κ1) is 43.0. The quantitative estimate of drug-likeness (QED) is 0.144. The lowest BCUT2D eigenvalue weighted by Gasteiger charge is -2.13. The van der Waals surface area contributed by atoms with Crippen LogP contribution in [0, 0.1) is 0 Å². The van der Waals surface area contributed by atoms with Gasteiger partial charge in [-0.2, -0.15) is 0 Å². The van der Waals surface area contributed by atoms with Gasteiger partial charge in [0, 0.05) is 45.2 Å². The topological polar surface area (TPSA) is 64.7 Å². The average Bonchev–Trinajstić information content (AvgIpc) is 4.06. The maximum atomic E-state index is 6.48. The fourth-order valence-corrected chi connectivity index (χ4v) is 10.6. The van der Waals surface area contributed by atoms with E-state index in [4.69, 9.17) is 24.4 Å². The molecule has 0 amide bonds. The highest BCUT2D eigenvalue weighted by Crippen LogP contribution is 2.43. The first-order chi connectivity index (χ1) is 36.6. The molecule has 0 unspecified atom stereocenters. The molecule has 3 aromatic heterocycles. The highest BCUT2D eigenvalue weighted by molar-refractivity contribution is 6.07. The molecule has 74 heavy (non-hydrogen) atoms. The number of hydrogen-bond donors (Lipinski definition) is 0. The second-order valence-corrected chi connectivity index (χ2v) is 18.9. The summed E-state index contributed by atoms with van der Waals surface area (Å²) in [5, 5.41) is 0.962. The van der Waals surface area contributed by atoms with Crippen molar-refractivity contribution in [2.24, 2.45) is 0 Å². The maximum Gasteiger partial charge on any atom is 0.180 e. The van der Waals surface area contributed by atoms with E-state index >= 15 is 0 Å². The maximum absolute atomic E-state index is 6.48. The van der Waals surface area contributed by atoms with Crippen LogP contribution in [0.25, 0.3) is 134 Å². The zero-order chi connectivity index (χ0) is 49.0. The Kier molecular flexibility index (Phi) is 10.5. The molecule has 1 aliphatic rings. The Labute approximate surface area is 428 Å². The second-order valence-electron chi connectivity index (χ2n) is 18.9. The summed E-state index contributed by atoms with van der Waals surface area (Å²) in [6, 6.07) is 89.7. The van der Waals surface area contributed by atoms with Crippen LogP contribution in [-0.4, -0.2) is 19.9 Å². The van der Waals surface area contributed by atoms with Crippen molar-refractivity contribution < 1.29 is 4.42 Å². The van der Waals surface area contributed by atoms with Crippen molar-refractivity contribution in [1.82, 2.24) is 19.9 Å². The summed E-state index contributed by atoms with van der Waals surface area (Å²) >= 11 is 0. The molecule has 0 bridgehead atoms. The van der Waals surface area contributed by atoms with Crippen molar-refractivity contribution in [3.05, 3.63) is 266 Å². The van der Waals surface area contributed by atoms with Crippen LogP contribution >= 0.6 is 0 Å². The summed E-state index contributed by atoms with van der Waals surface area (Å²) in [6.07, 6.45) is 0.807. The molecule has 346 valence electrons.